The van der Waals surface area contributed by atoms with Gasteiger partial charge >= 0.3 is 0 Å². The Bertz CT molecular complexity index is 497. The quantitative estimate of drug-likeness (QED) is 0.894. The highest BCUT2D eigenvalue weighted by molar-refractivity contribution is 5.21. The fourth-order valence-electron chi connectivity index (χ4n) is 3.57. The van der Waals surface area contributed by atoms with Crippen molar-refractivity contribution in [2.75, 3.05) is 19.6 Å². The summed E-state index contributed by atoms with van der Waals surface area (Å²) >= 11 is 0. The fraction of sp³-hybridized carbons (Fsp3) is 0.625. The van der Waals surface area contributed by atoms with Crippen LogP contribution in [0, 0.1) is 11.6 Å². The molecule has 2 heterocycles. The number of aliphatic hydroxyl groups is 1. The first-order chi connectivity index (χ1) is 10.1. The normalized spacial score (nSPS) is 27.6. The molecule has 21 heavy (non-hydrogen) atoms. The minimum atomic E-state index is -0.938. The van der Waals surface area contributed by atoms with Gasteiger partial charge in [-0.15, -0.1) is 0 Å². The van der Waals surface area contributed by atoms with E-state index < -0.39 is 17.7 Å². The number of halogens is 2. The summed E-state index contributed by atoms with van der Waals surface area (Å²) in [5, 5.41) is 13.4. The van der Waals surface area contributed by atoms with Crippen molar-refractivity contribution in [2.24, 2.45) is 0 Å². The molecular formula is C16H22F2N2O. The Morgan fingerprint density at radius 3 is 2.95 bits per heavy atom. The first-order valence-corrected chi connectivity index (χ1v) is 7.74. The molecule has 0 spiro atoms. The van der Waals surface area contributed by atoms with Crippen LogP contribution >= 0.6 is 0 Å². The van der Waals surface area contributed by atoms with E-state index >= 15 is 0 Å². The van der Waals surface area contributed by atoms with Crippen LogP contribution in [0.25, 0.3) is 0 Å². The van der Waals surface area contributed by atoms with Gasteiger partial charge in [0, 0.05) is 30.3 Å². The van der Waals surface area contributed by atoms with E-state index in [-0.39, 0.29) is 5.56 Å². The van der Waals surface area contributed by atoms with Gasteiger partial charge in [-0.1, -0.05) is 6.07 Å². The number of nitrogens with one attached hydrogen (secondary N) is 1. The van der Waals surface area contributed by atoms with Crippen molar-refractivity contribution in [3.63, 3.8) is 0 Å². The Hall–Kier alpha value is -1.04. The van der Waals surface area contributed by atoms with E-state index in [1.807, 2.05) is 0 Å². The van der Waals surface area contributed by atoms with Crippen LogP contribution in [0.3, 0.4) is 0 Å². The number of rotatable bonds is 4. The van der Waals surface area contributed by atoms with Crippen molar-refractivity contribution < 1.29 is 13.9 Å². The first-order valence-electron chi connectivity index (χ1n) is 7.74. The molecule has 3 unspecified atom stereocenters. The van der Waals surface area contributed by atoms with Crippen molar-refractivity contribution in [3.05, 3.63) is 35.4 Å². The van der Waals surface area contributed by atoms with Crippen LogP contribution in [-0.4, -0.2) is 41.7 Å². The molecule has 0 aliphatic carbocycles. The van der Waals surface area contributed by atoms with Gasteiger partial charge in [0.1, 0.15) is 11.6 Å². The van der Waals surface area contributed by atoms with Crippen LogP contribution in [0.15, 0.2) is 18.2 Å². The third kappa shape index (κ3) is 3.42. The van der Waals surface area contributed by atoms with E-state index in [1.54, 1.807) is 0 Å². The summed E-state index contributed by atoms with van der Waals surface area (Å²) in [7, 11) is 0. The first kappa shape index (κ1) is 14.9. The smallest absolute Gasteiger partial charge is 0.131 e. The molecule has 2 saturated heterocycles. The molecule has 1 aromatic carbocycles. The number of aliphatic hydroxyl groups excluding tert-OH is 1. The lowest BCUT2D eigenvalue weighted by molar-refractivity contribution is 0.136. The van der Waals surface area contributed by atoms with Crippen LogP contribution in [0.5, 0.6) is 0 Å². The van der Waals surface area contributed by atoms with E-state index in [0.29, 0.717) is 18.6 Å². The largest absolute Gasteiger partial charge is 0.387 e. The summed E-state index contributed by atoms with van der Waals surface area (Å²) in [5.74, 6) is -1.31. The summed E-state index contributed by atoms with van der Waals surface area (Å²) < 4.78 is 26.5. The maximum absolute atomic E-state index is 13.6. The zero-order chi connectivity index (χ0) is 14.8. The summed E-state index contributed by atoms with van der Waals surface area (Å²) in [4.78, 5) is 2.54. The molecule has 2 aliphatic heterocycles. The molecule has 1 aromatic rings. The number of nitrogens with zero attached hydrogens (tertiary/aromatic N) is 1. The summed E-state index contributed by atoms with van der Waals surface area (Å²) in [6.45, 7) is 2.62. The van der Waals surface area contributed by atoms with Crippen LogP contribution in [0.1, 0.15) is 37.4 Å². The molecule has 3 nitrogen and oxygen atoms in total. The molecular weight excluding hydrogens is 274 g/mol. The summed E-state index contributed by atoms with van der Waals surface area (Å²) in [6, 6.07) is 4.35. The predicted octanol–water partition coefficient (Wildman–Crippen LogP) is 2.21. The Morgan fingerprint density at radius 2 is 2.14 bits per heavy atom. The van der Waals surface area contributed by atoms with Gasteiger partial charge in [0.05, 0.1) is 6.10 Å². The monoisotopic (exact) mass is 296 g/mol. The number of benzene rings is 1. The molecule has 3 atom stereocenters. The topological polar surface area (TPSA) is 35.5 Å². The van der Waals surface area contributed by atoms with Crippen molar-refractivity contribution in [3.8, 4) is 0 Å². The van der Waals surface area contributed by atoms with E-state index in [4.69, 9.17) is 0 Å². The zero-order valence-corrected chi connectivity index (χ0v) is 12.1. The van der Waals surface area contributed by atoms with Gasteiger partial charge < -0.3 is 15.3 Å². The van der Waals surface area contributed by atoms with Gasteiger partial charge in [-0.05, 0) is 44.8 Å². The van der Waals surface area contributed by atoms with E-state index in [2.05, 4.69) is 10.2 Å². The minimum absolute atomic E-state index is 0.155. The van der Waals surface area contributed by atoms with Crippen molar-refractivity contribution in [1.82, 2.24) is 10.2 Å². The Kier molecular flexibility index (Phi) is 4.52. The Morgan fingerprint density at radius 1 is 1.29 bits per heavy atom. The SMILES string of the molecule is OC(CNC1CCN2CCCC2C1)c1ccc(F)cc1F. The van der Waals surface area contributed by atoms with Crippen LogP contribution in [-0.2, 0) is 0 Å². The third-order valence-electron chi connectivity index (χ3n) is 4.74. The van der Waals surface area contributed by atoms with Crippen molar-refractivity contribution >= 4 is 0 Å². The second-order valence-electron chi connectivity index (χ2n) is 6.14. The molecule has 3 rings (SSSR count). The number of piperidine rings is 1. The van der Waals surface area contributed by atoms with E-state index in [1.165, 1.54) is 31.5 Å². The highest BCUT2D eigenvalue weighted by Crippen LogP contribution is 2.27. The predicted molar refractivity (Wildman–Crippen MR) is 76.9 cm³/mol. The lowest BCUT2D eigenvalue weighted by Crippen LogP contribution is -2.46. The molecule has 116 valence electrons. The maximum Gasteiger partial charge on any atom is 0.131 e. The molecule has 0 aromatic heterocycles. The zero-order valence-electron chi connectivity index (χ0n) is 12.1. The molecule has 0 saturated carbocycles. The van der Waals surface area contributed by atoms with Gasteiger partial charge in [0.25, 0.3) is 0 Å². The standard InChI is InChI=1S/C16H22F2N2O/c17-11-3-4-14(15(18)8-11)16(21)10-19-12-5-7-20-6-1-2-13(20)9-12/h3-4,8,12-13,16,19,21H,1-2,5-7,9-10H2. The average molecular weight is 296 g/mol. The molecule has 2 N–H and O–H groups in total. The van der Waals surface area contributed by atoms with Gasteiger partial charge in [0.2, 0.25) is 0 Å². The number of fused-ring (bicyclic) bond motifs is 1. The van der Waals surface area contributed by atoms with E-state index in [9.17, 15) is 13.9 Å². The minimum Gasteiger partial charge on any atom is -0.387 e. The average Bonchev–Trinajstić information content (AvgIpc) is 2.92. The molecule has 2 fully saturated rings. The second kappa shape index (κ2) is 6.38. The number of hydrogen-bond acceptors (Lipinski definition) is 3. The van der Waals surface area contributed by atoms with Crippen LogP contribution in [0.4, 0.5) is 8.78 Å². The highest BCUT2D eigenvalue weighted by atomic mass is 19.1. The molecule has 0 amide bonds. The Balaban J connectivity index is 1.52. The van der Waals surface area contributed by atoms with Crippen molar-refractivity contribution in [2.45, 2.75) is 43.9 Å². The van der Waals surface area contributed by atoms with Crippen LogP contribution in [0.2, 0.25) is 0 Å². The van der Waals surface area contributed by atoms with Gasteiger partial charge in [0.15, 0.2) is 0 Å². The lowest BCUT2D eigenvalue weighted by Gasteiger charge is -2.35. The Labute approximate surface area is 124 Å². The molecule has 5 heteroatoms. The highest BCUT2D eigenvalue weighted by Gasteiger charge is 2.31. The maximum atomic E-state index is 13.6. The van der Waals surface area contributed by atoms with Gasteiger partial charge in [-0.25, -0.2) is 8.78 Å². The van der Waals surface area contributed by atoms with Crippen LogP contribution < -0.4 is 5.32 Å². The number of hydrogen-bond donors (Lipinski definition) is 2. The van der Waals surface area contributed by atoms with Gasteiger partial charge in [-0.2, -0.15) is 0 Å². The second-order valence-corrected chi connectivity index (χ2v) is 6.14. The van der Waals surface area contributed by atoms with Crippen molar-refractivity contribution in [1.29, 1.82) is 0 Å². The molecule has 2 aliphatic rings. The summed E-state index contributed by atoms with van der Waals surface area (Å²) in [6.07, 6.45) is 3.76. The molecule has 0 radical (unpaired) electrons. The molecule has 0 bridgehead atoms. The third-order valence-corrected chi connectivity index (χ3v) is 4.74. The summed E-state index contributed by atoms with van der Waals surface area (Å²) in [5.41, 5.74) is 0.155. The lowest BCUT2D eigenvalue weighted by atomic mass is 9.97. The van der Waals surface area contributed by atoms with Gasteiger partial charge in [-0.3, -0.25) is 0 Å². The van der Waals surface area contributed by atoms with E-state index in [0.717, 1.165) is 25.5 Å². The fourth-order valence-corrected chi connectivity index (χ4v) is 3.57.